The number of H-pyrrole nitrogens is 1. The number of aromatic amines is 1. The van der Waals surface area contributed by atoms with E-state index in [0.717, 1.165) is 27.7 Å². The Morgan fingerprint density at radius 3 is 2.43 bits per heavy atom. The number of nitrogens with zero attached hydrogens (tertiary/aromatic N) is 1. The molecule has 30 heavy (non-hydrogen) atoms. The van der Waals surface area contributed by atoms with Gasteiger partial charge in [0.15, 0.2) is 0 Å². The summed E-state index contributed by atoms with van der Waals surface area (Å²) >= 11 is 0. The van der Waals surface area contributed by atoms with Crippen molar-refractivity contribution in [3.8, 4) is 0 Å². The highest BCUT2D eigenvalue weighted by atomic mass is 16.2. The topological polar surface area (TPSA) is 86.9 Å². The average Bonchev–Trinajstić information content (AvgIpc) is 3.11. The molecule has 0 bridgehead atoms. The molecule has 6 nitrogen and oxygen atoms in total. The molecule has 0 saturated carbocycles. The Morgan fingerprint density at radius 1 is 0.933 bits per heavy atom. The van der Waals surface area contributed by atoms with Crippen LogP contribution in [0.5, 0.6) is 0 Å². The van der Waals surface area contributed by atoms with Gasteiger partial charge in [-0.05, 0) is 50.2 Å². The molecule has 0 aliphatic heterocycles. The van der Waals surface area contributed by atoms with Gasteiger partial charge in [0, 0.05) is 22.7 Å². The Bertz CT molecular complexity index is 1210. The number of anilines is 1. The van der Waals surface area contributed by atoms with E-state index in [-0.39, 0.29) is 11.8 Å². The van der Waals surface area contributed by atoms with Crippen LogP contribution in [-0.4, -0.2) is 21.8 Å². The molecule has 6 heteroatoms. The lowest BCUT2D eigenvalue weighted by molar-refractivity contribution is 0.0947. The van der Waals surface area contributed by atoms with Crippen LogP contribution in [0.2, 0.25) is 0 Å². The number of benzene rings is 2. The largest absolute Gasteiger partial charge is 0.349 e. The molecule has 0 radical (unpaired) electrons. The maximum atomic E-state index is 12.9. The average molecular weight is 398 g/mol. The maximum Gasteiger partial charge on any atom is 0.270 e. The second kappa shape index (κ2) is 8.21. The summed E-state index contributed by atoms with van der Waals surface area (Å²) in [6.07, 6.45) is 1.68. The number of pyridine rings is 1. The molecule has 0 aliphatic carbocycles. The van der Waals surface area contributed by atoms with Crippen molar-refractivity contribution in [1.29, 1.82) is 0 Å². The molecule has 4 rings (SSSR count). The minimum Gasteiger partial charge on any atom is -0.349 e. The number of hydrogen-bond donors (Lipinski definition) is 3. The van der Waals surface area contributed by atoms with Gasteiger partial charge in [-0.25, -0.2) is 0 Å². The van der Waals surface area contributed by atoms with Crippen molar-refractivity contribution in [2.24, 2.45) is 0 Å². The molecule has 0 saturated heterocycles. The predicted molar refractivity (Wildman–Crippen MR) is 118 cm³/mol. The summed E-state index contributed by atoms with van der Waals surface area (Å²) in [4.78, 5) is 33.1. The van der Waals surface area contributed by atoms with Crippen LogP contribution >= 0.6 is 0 Å². The maximum absolute atomic E-state index is 12.9. The van der Waals surface area contributed by atoms with E-state index in [1.54, 1.807) is 18.3 Å². The van der Waals surface area contributed by atoms with E-state index >= 15 is 0 Å². The van der Waals surface area contributed by atoms with E-state index in [1.165, 1.54) is 0 Å². The van der Waals surface area contributed by atoms with Gasteiger partial charge >= 0.3 is 0 Å². The Balaban J connectivity index is 1.66. The van der Waals surface area contributed by atoms with Crippen LogP contribution in [0, 0.1) is 13.8 Å². The molecule has 4 aromatic rings. The van der Waals surface area contributed by atoms with Gasteiger partial charge in [0.25, 0.3) is 11.8 Å². The van der Waals surface area contributed by atoms with Gasteiger partial charge in [-0.1, -0.05) is 35.4 Å². The van der Waals surface area contributed by atoms with E-state index in [1.807, 2.05) is 62.4 Å². The molecule has 2 amide bonds. The van der Waals surface area contributed by atoms with Crippen molar-refractivity contribution in [3.63, 3.8) is 0 Å². The third-order valence-corrected chi connectivity index (χ3v) is 4.89. The van der Waals surface area contributed by atoms with E-state index in [4.69, 9.17) is 0 Å². The number of amides is 2. The second-order valence-electron chi connectivity index (χ2n) is 7.25. The molecule has 2 aromatic carbocycles. The number of aromatic nitrogens is 2. The normalized spacial score (nSPS) is 10.7. The Kier molecular flexibility index (Phi) is 5.30. The third kappa shape index (κ3) is 4.07. The van der Waals surface area contributed by atoms with Crippen LogP contribution < -0.4 is 10.6 Å². The first-order valence-electron chi connectivity index (χ1n) is 9.70. The van der Waals surface area contributed by atoms with Gasteiger partial charge in [0.05, 0.1) is 17.9 Å². The minimum atomic E-state index is -0.311. The third-order valence-electron chi connectivity index (χ3n) is 4.89. The summed E-state index contributed by atoms with van der Waals surface area (Å²) in [5.41, 5.74) is 4.95. The highest BCUT2D eigenvalue weighted by Crippen LogP contribution is 2.29. The van der Waals surface area contributed by atoms with Crippen molar-refractivity contribution in [2.45, 2.75) is 20.4 Å². The highest BCUT2D eigenvalue weighted by molar-refractivity contribution is 6.15. The Morgan fingerprint density at radius 2 is 1.70 bits per heavy atom. The lowest BCUT2D eigenvalue weighted by Crippen LogP contribution is -2.25. The van der Waals surface area contributed by atoms with E-state index < -0.39 is 0 Å². The van der Waals surface area contributed by atoms with E-state index in [0.29, 0.717) is 23.5 Å². The molecule has 2 heterocycles. The number of hydrogen-bond acceptors (Lipinski definition) is 3. The summed E-state index contributed by atoms with van der Waals surface area (Å²) in [6, 6.07) is 18.7. The Labute approximate surface area is 174 Å². The van der Waals surface area contributed by atoms with E-state index in [2.05, 4.69) is 20.6 Å². The van der Waals surface area contributed by atoms with Crippen molar-refractivity contribution in [3.05, 3.63) is 94.9 Å². The smallest absolute Gasteiger partial charge is 0.270 e. The molecule has 0 fully saturated rings. The zero-order chi connectivity index (χ0) is 21.1. The molecule has 2 aromatic heterocycles. The molecule has 0 unspecified atom stereocenters. The quantitative estimate of drug-likeness (QED) is 0.467. The van der Waals surface area contributed by atoms with Crippen LogP contribution in [0.3, 0.4) is 0 Å². The first kappa shape index (κ1) is 19.4. The monoisotopic (exact) mass is 398 g/mol. The van der Waals surface area contributed by atoms with Gasteiger partial charge in [-0.2, -0.15) is 0 Å². The number of carbonyl (C=O) groups excluding carboxylic acids is 2. The number of rotatable bonds is 5. The fourth-order valence-electron chi connectivity index (χ4n) is 3.26. The summed E-state index contributed by atoms with van der Waals surface area (Å²) in [7, 11) is 0. The highest BCUT2D eigenvalue weighted by Gasteiger charge is 2.20. The number of fused-ring (bicyclic) bond motifs is 1. The van der Waals surface area contributed by atoms with E-state index in [9.17, 15) is 9.59 Å². The fraction of sp³-hybridized carbons (Fsp3) is 0.125. The van der Waals surface area contributed by atoms with Gasteiger partial charge in [0.2, 0.25) is 0 Å². The minimum absolute atomic E-state index is 0.267. The van der Waals surface area contributed by atoms with Crippen LogP contribution in [-0.2, 0) is 6.54 Å². The second-order valence-corrected chi connectivity index (χ2v) is 7.25. The zero-order valence-corrected chi connectivity index (χ0v) is 16.8. The molecule has 0 aliphatic rings. The molecule has 0 spiro atoms. The SMILES string of the molecule is Cc1ccc(C(=O)Nc2c(C(=O)NCc3ccccn3)[nH]c3ccc(C)cc23)cc1. The van der Waals surface area contributed by atoms with Crippen molar-refractivity contribution in [2.75, 3.05) is 5.32 Å². The zero-order valence-electron chi connectivity index (χ0n) is 16.8. The summed E-state index contributed by atoms with van der Waals surface area (Å²) in [5.74, 6) is -0.579. The van der Waals surface area contributed by atoms with Crippen molar-refractivity contribution >= 4 is 28.4 Å². The van der Waals surface area contributed by atoms with Crippen LogP contribution in [0.4, 0.5) is 5.69 Å². The lowest BCUT2D eigenvalue weighted by Gasteiger charge is -2.09. The molecule has 0 atom stereocenters. The molecule has 150 valence electrons. The van der Waals surface area contributed by atoms with Crippen molar-refractivity contribution in [1.82, 2.24) is 15.3 Å². The fourth-order valence-corrected chi connectivity index (χ4v) is 3.26. The summed E-state index contributed by atoms with van der Waals surface area (Å²) in [6.45, 7) is 4.23. The first-order chi connectivity index (χ1) is 14.5. The number of nitrogens with one attached hydrogen (secondary N) is 3. The lowest BCUT2D eigenvalue weighted by atomic mass is 10.1. The van der Waals surface area contributed by atoms with Gasteiger partial charge in [0.1, 0.15) is 5.69 Å². The van der Waals surface area contributed by atoms with Gasteiger partial charge in [-0.3, -0.25) is 14.6 Å². The predicted octanol–water partition coefficient (Wildman–Crippen LogP) is 4.36. The van der Waals surface area contributed by atoms with Crippen LogP contribution in [0.15, 0.2) is 66.9 Å². The summed E-state index contributed by atoms with van der Waals surface area (Å²) < 4.78 is 0. The number of aryl methyl sites for hydroxylation is 2. The van der Waals surface area contributed by atoms with Gasteiger partial charge in [-0.15, -0.1) is 0 Å². The van der Waals surface area contributed by atoms with Crippen LogP contribution in [0.25, 0.3) is 10.9 Å². The molecular formula is C24H22N4O2. The Hall–Kier alpha value is -3.93. The first-order valence-corrected chi connectivity index (χ1v) is 9.70. The summed E-state index contributed by atoms with van der Waals surface area (Å²) in [5, 5.41) is 6.59. The molecular weight excluding hydrogens is 376 g/mol. The van der Waals surface area contributed by atoms with Crippen molar-refractivity contribution < 1.29 is 9.59 Å². The molecule has 3 N–H and O–H groups in total. The standard InChI is InChI=1S/C24H22N4O2/c1-15-6-9-17(10-7-15)23(29)28-21-19-13-16(2)8-11-20(19)27-22(21)24(30)26-14-18-5-3-4-12-25-18/h3-13,27H,14H2,1-2H3,(H,26,30)(H,28,29). The van der Waals surface area contributed by atoms with Gasteiger partial charge < -0.3 is 15.6 Å². The van der Waals surface area contributed by atoms with Crippen LogP contribution in [0.1, 0.15) is 37.7 Å². The number of carbonyl (C=O) groups is 2.